The summed E-state index contributed by atoms with van der Waals surface area (Å²) < 4.78 is 1.08. The highest BCUT2D eigenvalue weighted by molar-refractivity contribution is 7.15. The number of nitrogens with zero attached hydrogens (tertiary/aromatic N) is 4. The van der Waals surface area contributed by atoms with Gasteiger partial charge in [0.25, 0.3) is 11.5 Å². The number of aryl methyl sites for hydroxylation is 1. The minimum Gasteiger partial charge on any atom is -0.300 e. The van der Waals surface area contributed by atoms with Gasteiger partial charge in [0.1, 0.15) is 11.6 Å². The van der Waals surface area contributed by atoms with E-state index in [1.165, 1.54) is 11.3 Å². The Bertz CT molecular complexity index is 901. The maximum absolute atomic E-state index is 12.4. The van der Waals surface area contributed by atoms with Gasteiger partial charge in [-0.1, -0.05) is 17.3 Å². The molecule has 1 N–H and O–H groups in total. The first-order valence-electron chi connectivity index (χ1n) is 6.64. The minimum absolute atomic E-state index is 0.344. The standard InChI is InChI=1S/C14H13N5O2S/c1-8-7-15-14(22-8)16-12(20)9(2)19-13(21)10-5-3-4-6-11(10)17-18-19/h3-7,9H,1-2H3,(H,15,16,20). The molecule has 0 spiro atoms. The summed E-state index contributed by atoms with van der Waals surface area (Å²) in [6.45, 7) is 3.50. The molecule has 2 aromatic heterocycles. The Morgan fingerprint density at radius 1 is 1.36 bits per heavy atom. The molecule has 112 valence electrons. The van der Waals surface area contributed by atoms with Gasteiger partial charge in [-0.25, -0.2) is 4.98 Å². The Labute approximate surface area is 129 Å². The third-order valence-electron chi connectivity index (χ3n) is 3.19. The van der Waals surface area contributed by atoms with Crippen molar-refractivity contribution in [3.05, 3.63) is 45.7 Å². The van der Waals surface area contributed by atoms with Crippen LogP contribution in [0.25, 0.3) is 10.9 Å². The number of rotatable bonds is 3. The van der Waals surface area contributed by atoms with Gasteiger partial charge in [-0.2, -0.15) is 4.68 Å². The summed E-state index contributed by atoms with van der Waals surface area (Å²) in [5, 5.41) is 11.4. The van der Waals surface area contributed by atoms with Crippen LogP contribution in [0, 0.1) is 6.92 Å². The second-order valence-electron chi connectivity index (χ2n) is 4.80. The molecule has 0 saturated heterocycles. The zero-order valence-electron chi connectivity index (χ0n) is 12.0. The quantitative estimate of drug-likeness (QED) is 0.795. The van der Waals surface area contributed by atoms with Crippen molar-refractivity contribution in [2.24, 2.45) is 0 Å². The molecule has 0 aliphatic heterocycles. The number of amides is 1. The molecular formula is C14H13N5O2S. The largest absolute Gasteiger partial charge is 0.300 e. The zero-order chi connectivity index (χ0) is 15.7. The van der Waals surface area contributed by atoms with Gasteiger partial charge in [0.2, 0.25) is 0 Å². The molecule has 0 bridgehead atoms. The van der Waals surface area contributed by atoms with E-state index in [-0.39, 0.29) is 11.5 Å². The fourth-order valence-corrected chi connectivity index (χ4v) is 2.66. The number of aromatic nitrogens is 4. The third-order valence-corrected chi connectivity index (χ3v) is 4.02. The number of carbonyl (C=O) groups excluding carboxylic acids is 1. The van der Waals surface area contributed by atoms with E-state index < -0.39 is 6.04 Å². The van der Waals surface area contributed by atoms with E-state index in [4.69, 9.17) is 0 Å². The number of carbonyl (C=O) groups is 1. The fourth-order valence-electron chi connectivity index (χ4n) is 1.99. The molecule has 1 aromatic carbocycles. The van der Waals surface area contributed by atoms with Crippen molar-refractivity contribution in [3.63, 3.8) is 0 Å². The van der Waals surface area contributed by atoms with E-state index in [0.29, 0.717) is 16.0 Å². The summed E-state index contributed by atoms with van der Waals surface area (Å²) >= 11 is 1.37. The van der Waals surface area contributed by atoms with Crippen LogP contribution in [0.4, 0.5) is 5.13 Å². The molecule has 7 nitrogen and oxygen atoms in total. The van der Waals surface area contributed by atoms with Gasteiger partial charge in [0.15, 0.2) is 5.13 Å². The Balaban J connectivity index is 1.91. The number of hydrogen-bond acceptors (Lipinski definition) is 6. The van der Waals surface area contributed by atoms with Crippen LogP contribution in [-0.4, -0.2) is 25.9 Å². The van der Waals surface area contributed by atoms with Crippen LogP contribution in [0.3, 0.4) is 0 Å². The molecule has 22 heavy (non-hydrogen) atoms. The molecule has 0 aliphatic rings. The number of nitrogens with one attached hydrogen (secondary N) is 1. The molecule has 1 unspecified atom stereocenters. The lowest BCUT2D eigenvalue weighted by Crippen LogP contribution is -2.34. The molecule has 3 rings (SSSR count). The predicted molar refractivity (Wildman–Crippen MR) is 84.0 cm³/mol. The number of anilines is 1. The maximum atomic E-state index is 12.4. The van der Waals surface area contributed by atoms with Gasteiger partial charge in [-0.3, -0.25) is 9.59 Å². The van der Waals surface area contributed by atoms with Crippen LogP contribution >= 0.6 is 11.3 Å². The summed E-state index contributed by atoms with van der Waals surface area (Å²) in [5.41, 5.74) is 0.162. The Kier molecular flexibility index (Phi) is 3.68. The average molecular weight is 315 g/mol. The molecule has 1 atom stereocenters. The van der Waals surface area contributed by atoms with Crippen molar-refractivity contribution in [1.82, 2.24) is 20.0 Å². The van der Waals surface area contributed by atoms with Crippen molar-refractivity contribution >= 4 is 33.3 Å². The van der Waals surface area contributed by atoms with Gasteiger partial charge < -0.3 is 5.32 Å². The number of fused-ring (bicyclic) bond motifs is 1. The summed E-state index contributed by atoms with van der Waals surface area (Å²) in [6, 6.07) is 6.11. The molecular weight excluding hydrogens is 302 g/mol. The summed E-state index contributed by atoms with van der Waals surface area (Å²) in [5.74, 6) is -0.360. The lowest BCUT2D eigenvalue weighted by atomic mass is 10.2. The van der Waals surface area contributed by atoms with Gasteiger partial charge in [0, 0.05) is 11.1 Å². The second-order valence-corrected chi connectivity index (χ2v) is 6.03. The fraction of sp³-hybridized carbons (Fsp3) is 0.214. The molecule has 0 radical (unpaired) electrons. The van der Waals surface area contributed by atoms with Crippen molar-refractivity contribution in [2.75, 3.05) is 5.32 Å². The highest BCUT2D eigenvalue weighted by atomic mass is 32.1. The Morgan fingerprint density at radius 3 is 2.86 bits per heavy atom. The van der Waals surface area contributed by atoms with E-state index in [0.717, 1.165) is 9.56 Å². The lowest BCUT2D eigenvalue weighted by Gasteiger charge is -2.12. The predicted octanol–water partition coefficient (Wildman–Crippen LogP) is 1.76. The summed E-state index contributed by atoms with van der Waals surface area (Å²) in [7, 11) is 0. The Morgan fingerprint density at radius 2 is 2.14 bits per heavy atom. The molecule has 2 heterocycles. The summed E-state index contributed by atoms with van der Waals surface area (Å²) in [4.78, 5) is 29.7. The van der Waals surface area contributed by atoms with Crippen LogP contribution in [0.5, 0.6) is 0 Å². The normalized spacial score (nSPS) is 12.3. The van der Waals surface area contributed by atoms with E-state index in [1.807, 2.05) is 6.92 Å². The van der Waals surface area contributed by atoms with Gasteiger partial charge >= 0.3 is 0 Å². The van der Waals surface area contributed by atoms with Crippen LogP contribution in [0.1, 0.15) is 17.8 Å². The number of hydrogen-bond donors (Lipinski definition) is 1. The zero-order valence-corrected chi connectivity index (χ0v) is 12.8. The Hall–Kier alpha value is -2.61. The van der Waals surface area contributed by atoms with E-state index in [9.17, 15) is 9.59 Å². The van der Waals surface area contributed by atoms with Crippen molar-refractivity contribution < 1.29 is 4.79 Å². The number of benzene rings is 1. The summed E-state index contributed by atoms with van der Waals surface area (Å²) in [6.07, 6.45) is 1.67. The monoisotopic (exact) mass is 315 g/mol. The third kappa shape index (κ3) is 2.60. The first-order chi connectivity index (χ1) is 10.6. The van der Waals surface area contributed by atoms with Crippen LogP contribution in [-0.2, 0) is 4.79 Å². The highest BCUT2D eigenvalue weighted by Gasteiger charge is 2.20. The molecule has 1 amide bonds. The van der Waals surface area contributed by atoms with Gasteiger partial charge in [0.05, 0.1) is 5.39 Å². The average Bonchev–Trinajstić information content (AvgIpc) is 2.92. The maximum Gasteiger partial charge on any atom is 0.278 e. The van der Waals surface area contributed by atoms with Crippen molar-refractivity contribution in [1.29, 1.82) is 0 Å². The molecule has 3 aromatic rings. The van der Waals surface area contributed by atoms with Crippen molar-refractivity contribution in [2.45, 2.75) is 19.9 Å². The topological polar surface area (TPSA) is 89.8 Å². The van der Waals surface area contributed by atoms with Gasteiger partial charge in [-0.05, 0) is 26.0 Å². The molecule has 0 fully saturated rings. The SMILES string of the molecule is Cc1cnc(NC(=O)C(C)n2nnc3ccccc3c2=O)s1. The smallest absolute Gasteiger partial charge is 0.278 e. The molecule has 0 saturated carbocycles. The molecule has 8 heteroatoms. The number of thiazole rings is 1. The highest BCUT2D eigenvalue weighted by Crippen LogP contribution is 2.18. The van der Waals surface area contributed by atoms with E-state index in [2.05, 4.69) is 20.6 Å². The van der Waals surface area contributed by atoms with Gasteiger partial charge in [-0.15, -0.1) is 16.4 Å². The first kappa shape index (κ1) is 14.3. The van der Waals surface area contributed by atoms with E-state index in [1.54, 1.807) is 37.4 Å². The minimum atomic E-state index is -0.784. The van der Waals surface area contributed by atoms with Crippen LogP contribution in [0.2, 0.25) is 0 Å². The van der Waals surface area contributed by atoms with E-state index >= 15 is 0 Å². The molecule has 0 aliphatic carbocycles. The first-order valence-corrected chi connectivity index (χ1v) is 7.45. The second kappa shape index (κ2) is 5.64. The van der Waals surface area contributed by atoms with Crippen LogP contribution in [0.15, 0.2) is 35.3 Å². The van der Waals surface area contributed by atoms with Crippen molar-refractivity contribution in [3.8, 4) is 0 Å². The lowest BCUT2D eigenvalue weighted by molar-refractivity contribution is -0.119. The van der Waals surface area contributed by atoms with Crippen LogP contribution < -0.4 is 10.9 Å².